The van der Waals surface area contributed by atoms with Crippen molar-refractivity contribution in [1.29, 1.82) is 0 Å². The molecule has 0 aliphatic carbocycles. The van der Waals surface area contributed by atoms with E-state index in [9.17, 15) is 0 Å². The van der Waals surface area contributed by atoms with Crippen LogP contribution in [-0.4, -0.2) is 5.84 Å². The molecule has 0 amide bonds. The second kappa shape index (κ2) is 6.12. The molecule has 0 aromatic rings. The summed E-state index contributed by atoms with van der Waals surface area (Å²) in [6.07, 6.45) is 2.91. The summed E-state index contributed by atoms with van der Waals surface area (Å²) in [5, 5.41) is 0. The molecule has 0 heterocycles. The van der Waals surface area contributed by atoms with E-state index in [2.05, 4.69) is 24.3 Å². The quantitative estimate of drug-likeness (QED) is 0.416. The van der Waals surface area contributed by atoms with Crippen molar-refractivity contribution < 1.29 is 0 Å². The SMILES string of the molecule is C/C=C(\SN=C(N)CC)C(C)C. The fourth-order valence-corrected chi connectivity index (χ4v) is 1.34. The van der Waals surface area contributed by atoms with Gasteiger partial charge in [-0.05, 0) is 12.8 Å². The zero-order chi connectivity index (χ0) is 9.56. The first-order chi connectivity index (χ1) is 5.61. The molecule has 0 saturated heterocycles. The maximum atomic E-state index is 5.58. The third-order valence-corrected chi connectivity index (χ3v) is 2.73. The van der Waals surface area contributed by atoms with Crippen LogP contribution >= 0.6 is 11.9 Å². The zero-order valence-electron chi connectivity index (χ0n) is 8.29. The summed E-state index contributed by atoms with van der Waals surface area (Å²) < 4.78 is 4.18. The average Bonchev–Trinajstić information content (AvgIpc) is 2.04. The molecule has 0 radical (unpaired) electrons. The third kappa shape index (κ3) is 4.44. The number of hydrogen-bond donors (Lipinski definition) is 1. The van der Waals surface area contributed by atoms with Crippen molar-refractivity contribution in [2.75, 3.05) is 0 Å². The van der Waals surface area contributed by atoms with Crippen LogP contribution in [0.1, 0.15) is 34.1 Å². The molecule has 0 aliphatic heterocycles. The molecule has 12 heavy (non-hydrogen) atoms. The first-order valence-corrected chi connectivity index (χ1v) is 5.04. The summed E-state index contributed by atoms with van der Waals surface area (Å²) in [7, 11) is 0. The van der Waals surface area contributed by atoms with Crippen LogP contribution < -0.4 is 5.73 Å². The minimum absolute atomic E-state index is 0.536. The Bertz CT molecular complexity index is 183. The number of hydrogen-bond acceptors (Lipinski definition) is 2. The first kappa shape index (κ1) is 11.6. The van der Waals surface area contributed by atoms with E-state index >= 15 is 0 Å². The molecule has 2 nitrogen and oxygen atoms in total. The van der Waals surface area contributed by atoms with Gasteiger partial charge in [-0.2, -0.15) is 4.40 Å². The van der Waals surface area contributed by atoms with Gasteiger partial charge in [0.25, 0.3) is 0 Å². The van der Waals surface area contributed by atoms with Gasteiger partial charge in [-0.15, -0.1) is 0 Å². The van der Waals surface area contributed by atoms with Gasteiger partial charge in [-0.1, -0.05) is 26.8 Å². The smallest absolute Gasteiger partial charge is 0.107 e. The highest BCUT2D eigenvalue weighted by atomic mass is 32.2. The monoisotopic (exact) mass is 186 g/mol. The predicted molar refractivity (Wildman–Crippen MR) is 58.1 cm³/mol. The molecule has 0 aliphatic rings. The maximum Gasteiger partial charge on any atom is 0.107 e. The van der Waals surface area contributed by atoms with E-state index in [1.807, 2.05) is 13.8 Å². The van der Waals surface area contributed by atoms with E-state index in [0.717, 1.165) is 6.42 Å². The molecule has 0 aromatic carbocycles. The van der Waals surface area contributed by atoms with Gasteiger partial charge in [0.1, 0.15) is 5.84 Å². The maximum absolute atomic E-state index is 5.58. The van der Waals surface area contributed by atoms with E-state index in [-0.39, 0.29) is 0 Å². The molecule has 0 atom stereocenters. The highest BCUT2D eigenvalue weighted by Gasteiger charge is 2.01. The third-order valence-electron chi connectivity index (χ3n) is 1.48. The van der Waals surface area contributed by atoms with Gasteiger partial charge in [0, 0.05) is 23.3 Å². The average molecular weight is 186 g/mol. The highest BCUT2D eigenvalue weighted by molar-refractivity contribution is 8.02. The van der Waals surface area contributed by atoms with Crippen LogP contribution in [-0.2, 0) is 0 Å². The summed E-state index contributed by atoms with van der Waals surface area (Å²) in [6, 6.07) is 0. The fourth-order valence-electron chi connectivity index (χ4n) is 0.667. The van der Waals surface area contributed by atoms with Crippen LogP contribution in [0.25, 0.3) is 0 Å². The van der Waals surface area contributed by atoms with E-state index in [4.69, 9.17) is 5.73 Å². The van der Waals surface area contributed by atoms with Gasteiger partial charge in [0.15, 0.2) is 0 Å². The number of rotatable bonds is 4. The summed E-state index contributed by atoms with van der Waals surface area (Å²) in [6.45, 7) is 8.34. The number of nitrogens with two attached hydrogens (primary N) is 1. The number of allylic oxidation sites excluding steroid dienone is 2. The number of nitrogens with zero attached hydrogens (tertiary/aromatic N) is 1. The van der Waals surface area contributed by atoms with Crippen molar-refractivity contribution >= 4 is 17.8 Å². The Hall–Kier alpha value is -0.440. The summed E-state index contributed by atoms with van der Waals surface area (Å²) in [5.74, 6) is 1.24. The lowest BCUT2D eigenvalue weighted by Gasteiger charge is -2.06. The lowest BCUT2D eigenvalue weighted by Crippen LogP contribution is -2.08. The van der Waals surface area contributed by atoms with Crippen LogP contribution in [0.3, 0.4) is 0 Å². The molecular weight excluding hydrogens is 168 g/mol. The standard InChI is InChI=1S/C9H18N2S/c1-5-8(7(3)4)12-11-9(10)6-2/h5,7H,6H2,1-4H3,(H2,10,11)/b8-5-. The Kier molecular flexibility index (Phi) is 5.89. The Morgan fingerprint density at radius 3 is 2.50 bits per heavy atom. The molecule has 70 valence electrons. The van der Waals surface area contributed by atoms with Gasteiger partial charge >= 0.3 is 0 Å². The molecular formula is C9H18N2S. The molecule has 0 aromatic heterocycles. The lowest BCUT2D eigenvalue weighted by molar-refractivity contribution is 0.815. The van der Waals surface area contributed by atoms with Crippen LogP contribution in [0.5, 0.6) is 0 Å². The van der Waals surface area contributed by atoms with Crippen molar-refractivity contribution in [1.82, 2.24) is 0 Å². The lowest BCUT2D eigenvalue weighted by atomic mass is 10.2. The Balaban J connectivity index is 4.07. The van der Waals surface area contributed by atoms with Crippen molar-refractivity contribution in [2.45, 2.75) is 34.1 Å². The minimum Gasteiger partial charge on any atom is -0.387 e. The van der Waals surface area contributed by atoms with Gasteiger partial charge in [-0.3, -0.25) is 0 Å². The topological polar surface area (TPSA) is 38.4 Å². The molecule has 0 saturated carbocycles. The van der Waals surface area contributed by atoms with Gasteiger partial charge in [-0.25, -0.2) is 0 Å². The number of amidine groups is 1. The van der Waals surface area contributed by atoms with Gasteiger partial charge in [0.2, 0.25) is 0 Å². The summed E-state index contributed by atoms with van der Waals surface area (Å²) in [5.41, 5.74) is 5.58. The Morgan fingerprint density at radius 2 is 2.17 bits per heavy atom. The van der Waals surface area contributed by atoms with Crippen LogP contribution in [0.4, 0.5) is 0 Å². The second-order valence-corrected chi connectivity index (χ2v) is 3.71. The second-order valence-electron chi connectivity index (χ2n) is 2.87. The molecule has 0 rings (SSSR count). The Morgan fingerprint density at radius 1 is 1.58 bits per heavy atom. The molecule has 0 spiro atoms. The minimum atomic E-state index is 0.536. The van der Waals surface area contributed by atoms with Crippen molar-refractivity contribution in [2.24, 2.45) is 16.0 Å². The summed E-state index contributed by atoms with van der Waals surface area (Å²) >= 11 is 1.49. The van der Waals surface area contributed by atoms with Crippen molar-refractivity contribution in [3.05, 3.63) is 11.0 Å². The van der Waals surface area contributed by atoms with Gasteiger partial charge in [0.05, 0.1) is 0 Å². The van der Waals surface area contributed by atoms with E-state index in [1.54, 1.807) is 0 Å². The molecule has 0 bridgehead atoms. The van der Waals surface area contributed by atoms with Gasteiger partial charge < -0.3 is 5.73 Å². The molecule has 0 fully saturated rings. The fraction of sp³-hybridized carbons (Fsp3) is 0.667. The van der Waals surface area contributed by atoms with Crippen molar-refractivity contribution in [3.63, 3.8) is 0 Å². The largest absolute Gasteiger partial charge is 0.387 e. The van der Waals surface area contributed by atoms with E-state index < -0.39 is 0 Å². The van der Waals surface area contributed by atoms with Crippen LogP contribution in [0.15, 0.2) is 15.4 Å². The van der Waals surface area contributed by atoms with E-state index in [0.29, 0.717) is 11.8 Å². The molecule has 0 unspecified atom stereocenters. The van der Waals surface area contributed by atoms with Crippen LogP contribution in [0, 0.1) is 5.92 Å². The first-order valence-electron chi connectivity index (χ1n) is 4.27. The normalized spacial score (nSPS) is 14.1. The zero-order valence-corrected chi connectivity index (χ0v) is 9.11. The predicted octanol–water partition coefficient (Wildman–Crippen LogP) is 2.96. The van der Waals surface area contributed by atoms with E-state index in [1.165, 1.54) is 16.9 Å². The Labute approximate surface area is 79.5 Å². The molecule has 2 N–H and O–H groups in total. The van der Waals surface area contributed by atoms with Crippen LogP contribution in [0.2, 0.25) is 0 Å². The molecule has 3 heteroatoms. The van der Waals surface area contributed by atoms with Crippen molar-refractivity contribution in [3.8, 4) is 0 Å². The summed E-state index contributed by atoms with van der Waals surface area (Å²) in [4.78, 5) is 1.27. The highest BCUT2D eigenvalue weighted by Crippen LogP contribution is 2.24.